The second kappa shape index (κ2) is 4.59. The Labute approximate surface area is 94.0 Å². The summed E-state index contributed by atoms with van der Waals surface area (Å²) in [5, 5.41) is 0. The molecule has 1 aromatic heterocycles. The first-order valence-corrected chi connectivity index (χ1v) is 4.94. The maximum atomic E-state index is 12.9. The van der Waals surface area contributed by atoms with Crippen LogP contribution in [-0.4, -0.2) is 4.98 Å². The summed E-state index contributed by atoms with van der Waals surface area (Å²) in [6, 6.07) is 10.0. The van der Waals surface area contributed by atoms with Gasteiger partial charge < -0.3 is 0 Å². The van der Waals surface area contributed by atoms with Gasteiger partial charge in [-0.05, 0) is 37.3 Å². The molecule has 0 N–H and O–H groups in total. The predicted molar refractivity (Wildman–Crippen MR) is 61.4 cm³/mol. The monoisotopic (exact) mass is 211 g/mol. The molecule has 1 aromatic carbocycles. The van der Waals surface area contributed by atoms with Gasteiger partial charge in [-0.15, -0.1) is 0 Å². The van der Waals surface area contributed by atoms with E-state index >= 15 is 0 Å². The zero-order valence-corrected chi connectivity index (χ0v) is 8.87. The molecule has 0 aliphatic rings. The smallest absolute Gasteiger partial charge is 0.124 e. The minimum atomic E-state index is -0.270. The maximum Gasteiger partial charge on any atom is 0.124 e. The summed E-state index contributed by atoms with van der Waals surface area (Å²) >= 11 is 0. The average molecular weight is 211 g/mol. The number of rotatable bonds is 0. The Morgan fingerprint density at radius 1 is 1.06 bits per heavy atom. The van der Waals surface area contributed by atoms with Crippen molar-refractivity contribution in [2.45, 2.75) is 6.92 Å². The molecule has 0 aliphatic heterocycles. The molecule has 0 atom stereocenters. The van der Waals surface area contributed by atoms with Crippen LogP contribution in [0.3, 0.4) is 0 Å². The number of hydrogen-bond acceptors (Lipinski definition) is 1. The van der Waals surface area contributed by atoms with Gasteiger partial charge in [0.1, 0.15) is 5.82 Å². The van der Waals surface area contributed by atoms with E-state index in [2.05, 4.69) is 16.8 Å². The molecule has 16 heavy (non-hydrogen) atoms. The fraction of sp³-hybridized carbons (Fsp3) is 0.0714. The summed E-state index contributed by atoms with van der Waals surface area (Å²) in [5.41, 5.74) is 2.45. The van der Waals surface area contributed by atoms with Crippen LogP contribution >= 0.6 is 0 Å². The molecule has 0 unspecified atom stereocenters. The fourth-order valence-electron chi connectivity index (χ4n) is 1.25. The number of hydrogen-bond donors (Lipinski definition) is 0. The highest BCUT2D eigenvalue weighted by Crippen LogP contribution is 2.02. The van der Waals surface area contributed by atoms with E-state index in [1.165, 1.54) is 12.1 Å². The van der Waals surface area contributed by atoms with Gasteiger partial charge in [0.2, 0.25) is 0 Å². The lowest BCUT2D eigenvalue weighted by atomic mass is 10.2. The first-order valence-electron chi connectivity index (χ1n) is 4.94. The molecule has 0 saturated carbocycles. The van der Waals surface area contributed by atoms with Gasteiger partial charge in [-0.3, -0.25) is 4.98 Å². The molecular formula is C14H10FN. The second-order valence-electron chi connectivity index (χ2n) is 3.45. The topological polar surface area (TPSA) is 12.9 Å². The molecule has 0 radical (unpaired) electrons. The maximum absolute atomic E-state index is 12.9. The molecule has 2 rings (SSSR count). The summed E-state index contributed by atoms with van der Waals surface area (Å²) < 4.78 is 12.9. The third-order valence-electron chi connectivity index (χ3n) is 2.09. The van der Waals surface area contributed by atoms with Crippen LogP contribution in [0.2, 0.25) is 0 Å². The van der Waals surface area contributed by atoms with Gasteiger partial charge >= 0.3 is 0 Å². The van der Waals surface area contributed by atoms with Crippen molar-refractivity contribution in [1.29, 1.82) is 0 Å². The highest BCUT2D eigenvalue weighted by Gasteiger charge is 1.90. The zero-order valence-electron chi connectivity index (χ0n) is 8.87. The Balaban J connectivity index is 2.25. The molecule has 1 heterocycles. The van der Waals surface area contributed by atoms with E-state index in [1.807, 2.05) is 19.1 Å². The lowest BCUT2D eigenvalue weighted by molar-refractivity contribution is 0.627. The number of pyridine rings is 1. The molecule has 0 saturated heterocycles. The van der Waals surface area contributed by atoms with E-state index in [0.717, 1.165) is 11.3 Å². The Morgan fingerprint density at radius 3 is 2.56 bits per heavy atom. The molecule has 0 bridgehead atoms. The van der Waals surface area contributed by atoms with Crippen molar-refractivity contribution in [3.05, 3.63) is 65.2 Å². The Morgan fingerprint density at radius 2 is 1.88 bits per heavy atom. The molecule has 0 aliphatic carbocycles. The molecule has 0 fully saturated rings. The minimum absolute atomic E-state index is 0.270. The van der Waals surface area contributed by atoms with Crippen LogP contribution in [0.4, 0.5) is 4.39 Å². The van der Waals surface area contributed by atoms with Crippen LogP contribution in [-0.2, 0) is 0 Å². The summed E-state index contributed by atoms with van der Waals surface area (Å²) in [4.78, 5) is 4.13. The van der Waals surface area contributed by atoms with Gasteiger partial charge in [-0.2, -0.15) is 0 Å². The van der Waals surface area contributed by atoms with Crippen molar-refractivity contribution in [2.75, 3.05) is 0 Å². The third-order valence-corrected chi connectivity index (χ3v) is 2.09. The van der Waals surface area contributed by atoms with Crippen LogP contribution in [0.15, 0.2) is 42.6 Å². The first-order chi connectivity index (χ1) is 7.74. The van der Waals surface area contributed by atoms with Crippen LogP contribution in [0.5, 0.6) is 0 Å². The van der Waals surface area contributed by atoms with Gasteiger partial charge in [0.25, 0.3) is 0 Å². The van der Waals surface area contributed by atoms with Crippen LogP contribution in [0.25, 0.3) is 0 Å². The number of aryl methyl sites for hydroxylation is 1. The van der Waals surface area contributed by atoms with E-state index in [9.17, 15) is 4.39 Å². The number of aromatic nitrogens is 1. The van der Waals surface area contributed by atoms with E-state index in [0.29, 0.717) is 5.56 Å². The zero-order chi connectivity index (χ0) is 11.4. The van der Waals surface area contributed by atoms with Gasteiger partial charge in [0, 0.05) is 23.0 Å². The van der Waals surface area contributed by atoms with Gasteiger partial charge in [0.15, 0.2) is 0 Å². The van der Waals surface area contributed by atoms with Crippen LogP contribution in [0, 0.1) is 24.6 Å². The van der Waals surface area contributed by atoms with Gasteiger partial charge in [-0.25, -0.2) is 4.39 Å². The second-order valence-corrected chi connectivity index (χ2v) is 3.45. The standard InChI is InChI=1S/C14H10FN/c1-11-5-6-13(10-16-11)8-7-12-3-2-4-14(15)9-12/h2-6,9-10H,1H3. The van der Waals surface area contributed by atoms with Crippen LogP contribution < -0.4 is 0 Å². The summed E-state index contributed by atoms with van der Waals surface area (Å²) in [5.74, 6) is 5.56. The molecular weight excluding hydrogens is 201 g/mol. The summed E-state index contributed by atoms with van der Waals surface area (Å²) in [6.07, 6.45) is 1.71. The number of halogens is 1. The Hall–Kier alpha value is -2.14. The van der Waals surface area contributed by atoms with Gasteiger partial charge in [-0.1, -0.05) is 17.9 Å². The molecule has 1 nitrogen and oxygen atoms in total. The van der Waals surface area contributed by atoms with Crippen molar-refractivity contribution < 1.29 is 4.39 Å². The minimum Gasteiger partial charge on any atom is -0.260 e. The molecule has 2 heteroatoms. The van der Waals surface area contributed by atoms with E-state index in [-0.39, 0.29) is 5.82 Å². The highest BCUT2D eigenvalue weighted by atomic mass is 19.1. The van der Waals surface area contributed by atoms with Crippen molar-refractivity contribution in [1.82, 2.24) is 4.98 Å². The molecule has 2 aromatic rings. The van der Waals surface area contributed by atoms with Crippen molar-refractivity contribution >= 4 is 0 Å². The molecule has 0 amide bonds. The highest BCUT2D eigenvalue weighted by molar-refractivity contribution is 5.41. The number of benzene rings is 1. The van der Waals surface area contributed by atoms with E-state index < -0.39 is 0 Å². The van der Waals surface area contributed by atoms with E-state index in [1.54, 1.807) is 18.3 Å². The fourth-order valence-corrected chi connectivity index (χ4v) is 1.25. The Bertz CT molecular complexity index is 547. The van der Waals surface area contributed by atoms with Crippen molar-refractivity contribution in [3.63, 3.8) is 0 Å². The lowest BCUT2D eigenvalue weighted by Gasteiger charge is -1.92. The SMILES string of the molecule is Cc1ccc(C#Cc2cccc(F)c2)cn1. The summed E-state index contributed by atoms with van der Waals surface area (Å²) in [7, 11) is 0. The third kappa shape index (κ3) is 2.68. The van der Waals surface area contributed by atoms with Gasteiger partial charge in [0.05, 0.1) is 0 Å². The van der Waals surface area contributed by atoms with E-state index in [4.69, 9.17) is 0 Å². The van der Waals surface area contributed by atoms with Crippen LogP contribution in [0.1, 0.15) is 16.8 Å². The largest absolute Gasteiger partial charge is 0.260 e. The first kappa shape index (κ1) is 10.4. The molecule has 78 valence electrons. The molecule has 0 spiro atoms. The number of nitrogens with zero attached hydrogens (tertiary/aromatic N) is 1. The quantitative estimate of drug-likeness (QED) is 0.610. The predicted octanol–water partition coefficient (Wildman–Crippen LogP) is 2.93. The Kier molecular flexibility index (Phi) is 2.98. The normalized spacial score (nSPS) is 9.38. The average Bonchev–Trinajstić information content (AvgIpc) is 2.28. The van der Waals surface area contributed by atoms with Crippen molar-refractivity contribution in [2.24, 2.45) is 0 Å². The lowest BCUT2D eigenvalue weighted by Crippen LogP contribution is -1.82. The summed E-state index contributed by atoms with van der Waals surface area (Å²) in [6.45, 7) is 1.92. The van der Waals surface area contributed by atoms with Crippen molar-refractivity contribution in [3.8, 4) is 11.8 Å².